The number of rotatable bonds is 6. The van der Waals surface area contributed by atoms with Crippen LogP contribution >= 0.6 is 28.7 Å². The number of hydrogen-bond acceptors (Lipinski definition) is 5. The Labute approximate surface area is 161 Å². The summed E-state index contributed by atoms with van der Waals surface area (Å²) in [6, 6.07) is 16.0. The van der Waals surface area contributed by atoms with Crippen LogP contribution in [0, 0.1) is 0 Å². The minimum Gasteiger partial charge on any atom is -0.497 e. The van der Waals surface area contributed by atoms with Gasteiger partial charge >= 0.3 is 5.97 Å². The molecule has 0 bridgehead atoms. The van der Waals surface area contributed by atoms with Gasteiger partial charge in [-0.25, -0.2) is 4.98 Å². The van der Waals surface area contributed by atoms with Crippen molar-refractivity contribution in [1.82, 2.24) is 9.55 Å². The number of hydrogen-bond donors (Lipinski definition) is 0. The van der Waals surface area contributed by atoms with Crippen molar-refractivity contribution in [1.29, 1.82) is 0 Å². The minimum atomic E-state index is -0.268. The molecule has 0 N–H and O–H groups in total. The molecule has 7 heteroatoms. The van der Waals surface area contributed by atoms with Crippen LogP contribution in [-0.2, 0) is 16.1 Å². The van der Waals surface area contributed by atoms with E-state index in [-0.39, 0.29) is 28.7 Å². The van der Waals surface area contributed by atoms with Crippen molar-refractivity contribution in [2.45, 2.75) is 11.7 Å². The number of thioether (sulfide) groups is 1. The standard InChI is InChI=1S/C18H18N2O3S.BrH/c1-22-14-8-9-16-15(10-14)19-18(24-12-17(21)23-2)20(16)11-13-6-4-3-5-7-13;/h3-10H,11-12H2,1-2H3;1H. The second kappa shape index (κ2) is 8.92. The second-order valence-electron chi connectivity index (χ2n) is 5.19. The third kappa shape index (κ3) is 4.55. The first-order valence-electron chi connectivity index (χ1n) is 7.49. The van der Waals surface area contributed by atoms with Crippen LogP contribution in [0.3, 0.4) is 0 Å². The molecule has 5 nitrogen and oxygen atoms in total. The summed E-state index contributed by atoms with van der Waals surface area (Å²) >= 11 is 1.37. The van der Waals surface area contributed by atoms with Gasteiger partial charge in [0.25, 0.3) is 0 Å². The molecule has 2 aromatic carbocycles. The van der Waals surface area contributed by atoms with Crippen molar-refractivity contribution < 1.29 is 14.3 Å². The average Bonchev–Trinajstić information content (AvgIpc) is 2.97. The Hall–Kier alpha value is -1.99. The van der Waals surface area contributed by atoms with E-state index < -0.39 is 0 Å². The molecule has 0 atom stereocenters. The van der Waals surface area contributed by atoms with Gasteiger partial charge in [0.1, 0.15) is 5.75 Å². The summed E-state index contributed by atoms with van der Waals surface area (Å²) < 4.78 is 12.1. The number of halogens is 1. The quantitative estimate of drug-likeness (QED) is 0.444. The number of nitrogens with zero attached hydrogens (tertiary/aromatic N) is 2. The summed E-state index contributed by atoms with van der Waals surface area (Å²) in [4.78, 5) is 16.1. The highest BCUT2D eigenvalue weighted by Gasteiger charge is 2.14. The number of methoxy groups -OCH3 is 2. The molecule has 0 amide bonds. The smallest absolute Gasteiger partial charge is 0.316 e. The highest BCUT2D eigenvalue weighted by molar-refractivity contribution is 8.93. The molecule has 0 aliphatic rings. The predicted molar refractivity (Wildman–Crippen MR) is 105 cm³/mol. The Morgan fingerprint density at radius 1 is 1.16 bits per heavy atom. The van der Waals surface area contributed by atoms with Crippen LogP contribution in [0.5, 0.6) is 5.75 Å². The molecule has 0 aliphatic carbocycles. The fourth-order valence-corrected chi connectivity index (χ4v) is 3.27. The summed E-state index contributed by atoms with van der Waals surface area (Å²) in [5, 5.41) is 0.785. The van der Waals surface area contributed by atoms with E-state index in [0.29, 0.717) is 6.54 Å². The molecule has 0 saturated heterocycles. The molecule has 0 spiro atoms. The van der Waals surface area contributed by atoms with E-state index in [2.05, 4.69) is 21.7 Å². The highest BCUT2D eigenvalue weighted by atomic mass is 79.9. The van der Waals surface area contributed by atoms with Gasteiger partial charge in [0.05, 0.1) is 37.6 Å². The van der Waals surface area contributed by atoms with Gasteiger partial charge in [0.2, 0.25) is 0 Å². The molecule has 1 aromatic heterocycles. The van der Waals surface area contributed by atoms with Crippen molar-refractivity contribution in [3.63, 3.8) is 0 Å². The Kier molecular flexibility index (Phi) is 6.90. The van der Waals surface area contributed by atoms with Crippen LogP contribution in [0.25, 0.3) is 11.0 Å². The number of carbonyl (C=O) groups is 1. The molecule has 0 aliphatic heterocycles. The maximum absolute atomic E-state index is 11.5. The third-order valence-electron chi connectivity index (χ3n) is 3.65. The van der Waals surface area contributed by atoms with Crippen LogP contribution < -0.4 is 4.74 Å². The number of esters is 1. The number of ether oxygens (including phenoxy) is 2. The van der Waals surface area contributed by atoms with Crippen molar-refractivity contribution in [2.24, 2.45) is 0 Å². The van der Waals surface area contributed by atoms with Gasteiger partial charge in [0.15, 0.2) is 5.16 Å². The molecule has 0 saturated carbocycles. The van der Waals surface area contributed by atoms with E-state index in [0.717, 1.165) is 21.9 Å². The summed E-state index contributed by atoms with van der Waals surface area (Å²) in [6.07, 6.45) is 0. The van der Waals surface area contributed by atoms with Crippen molar-refractivity contribution >= 4 is 45.7 Å². The maximum Gasteiger partial charge on any atom is 0.316 e. The van der Waals surface area contributed by atoms with E-state index in [9.17, 15) is 4.79 Å². The number of aromatic nitrogens is 2. The molecule has 3 aromatic rings. The fourth-order valence-electron chi connectivity index (χ4n) is 2.43. The third-order valence-corrected chi connectivity index (χ3v) is 4.60. The molecule has 25 heavy (non-hydrogen) atoms. The summed E-state index contributed by atoms with van der Waals surface area (Å²) in [7, 11) is 3.02. The summed E-state index contributed by atoms with van der Waals surface area (Å²) in [5.41, 5.74) is 3.03. The summed E-state index contributed by atoms with van der Waals surface area (Å²) in [5.74, 6) is 0.721. The topological polar surface area (TPSA) is 53.4 Å². The normalized spacial score (nSPS) is 10.3. The van der Waals surface area contributed by atoms with E-state index in [4.69, 9.17) is 9.47 Å². The van der Waals surface area contributed by atoms with Crippen LogP contribution in [0.2, 0.25) is 0 Å². The van der Waals surface area contributed by atoms with Crippen LogP contribution in [0.1, 0.15) is 5.56 Å². The lowest BCUT2D eigenvalue weighted by Gasteiger charge is -2.09. The highest BCUT2D eigenvalue weighted by Crippen LogP contribution is 2.28. The molecule has 3 rings (SSSR count). The van der Waals surface area contributed by atoms with Gasteiger partial charge in [-0.1, -0.05) is 42.1 Å². The van der Waals surface area contributed by atoms with E-state index >= 15 is 0 Å². The molecule has 132 valence electrons. The maximum atomic E-state index is 11.5. The Morgan fingerprint density at radius 2 is 1.92 bits per heavy atom. The minimum absolute atomic E-state index is 0. The van der Waals surface area contributed by atoms with E-state index in [1.54, 1.807) is 7.11 Å². The first kappa shape index (κ1) is 19.3. The summed E-state index contributed by atoms with van der Waals surface area (Å²) in [6.45, 7) is 0.688. The zero-order chi connectivity index (χ0) is 16.9. The lowest BCUT2D eigenvalue weighted by atomic mass is 10.2. The van der Waals surface area contributed by atoms with Gasteiger partial charge in [-0.3, -0.25) is 4.79 Å². The van der Waals surface area contributed by atoms with Gasteiger partial charge in [-0.2, -0.15) is 0 Å². The molecule has 0 fully saturated rings. The molecule has 0 unspecified atom stereocenters. The van der Waals surface area contributed by atoms with Crippen LogP contribution in [-0.4, -0.2) is 35.5 Å². The van der Waals surface area contributed by atoms with Crippen LogP contribution in [0.4, 0.5) is 0 Å². The number of fused-ring (bicyclic) bond motifs is 1. The van der Waals surface area contributed by atoms with Gasteiger partial charge in [-0.15, -0.1) is 17.0 Å². The lowest BCUT2D eigenvalue weighted by Crippen LogP contribution is -2.06. The van der Waals surface area contributed by atoms with Gasteiger partial charge in [0, 0.05) is 6.07 Å². The van der Waals surface area contributed by atoms with Crippen molar-refractivity contribution in [3.05, 3.63) is 54.1 Å². The first-order chi connectivity index (χ1) is 11.7. The first-order valence-corrected chi connectivity index (χ1v) is 8.47. The largest absolute Gasteiger partial charge is 0.497 e. The number of carbonyl (C=O) groups excluding carboxylic acids is 1. The Bertz CT molecular complexity index is 852. The SMILES string of the molecule is Br.COC(=O)CSc1nc2cc(OC)ccc2n1Cc1ccccc1. The number of imidazole rings is 1. The fraction of sp³-hybridized carbons (Fsp3) is 0.222. The second-order valence-corrected chi connectivity index (χ2v) is 6.13. The predicted octanol–water partition coefficient (Wildman–Crippen LogP) is 3.94. The van der Waals surface area contributed by atoms with Crippen LogP contribution in [0.15, 0.2) is 53.7 Å². The average molecular weight is 423 g/mol. The number of benzene rings is 2. The monoisotopic (exact) mass is 422 g/mol. The van der Waals surface area contributed by atoms with Crippen molar-refractivity contribution in [3.8, 4) is 5.75 Å². The van der Waals surface area contributed by atoms with Crippen molar-refractivity contribution in [2.75, 3.05) is 20.0 Å². The molecule has 0 radical (unpaired) electrons. The molecular weight excluding hydrogens is 404 g/mol. The zero-order valence-corrected chi connectivity index (χ0v) is 16.5. The van der Waals surface area contributed by atoms with Gasteiger partial charge in [-0.05, 0) is 17.7 Å². The van der Waals surface area contributed by atoms with E-state index in [1.165, 1.54) is 24.4 Å². The zero-order valence-electron chi connectivity index (χ0n) is 14.0. The van der Waals surface area contributed by atoms with Gasteiger partial charge < -0.3 is 14.0 Å². The Balaban J connectivity index is 0.00000225. The molecular formula is C18H19BrN2O3S. The molecule has 1 heterocycles. The Morgan fingerprint density at radius 3 is 2.60 bits per heavy atom. The lowest BCUT2D eigenvalue weighted by molar-refractivity contribution is -0.137. The van der Waals surface area contributed by atoms with E-state index in [1.807, 2.05) is 36.4 Å².